The third kappa shape index (κ3) is 3.01. The highest BCUT2D eigenvalue weighted by Gasteiger charge is 2.08. The largest absolute Gasteiger partial charge is 0.389 e. The van der Waals surface area contributed by atoms with Gasteiger partial charge < -0.3 is 5.73 Å². The van der Waals surface area contributed by atoms with Gasteiger partial charge in [0.2, 0.25) is 0 Å². The first-order valence-corrected chi connectivity index (χ1v) is 6.31. The third-order valence-electron chi connectivity index (χ3n) is 2.27. The molecule has 0 aliphatic carbocycles. The zero-order valence-electron chi connectivity index (χ0n) is 8.73. The normalized spacial score (nSPS) is 10.5. The van der Waals surface area contributed by atoms with E-state index in [1.165, 1.54) is 12.1 Å². The fourth-order valence-electron chi connectivity index (χ4n) is 1.53. The number of hydrogen-bond acceptors (Lipinski definition) is 2. The van der Waals surface area contributed by atoms with E-state index in [1.807, 2.05) is 6.20 Å². The number of nitrogens with two attached hydrogens (primary N) is 1. The number of nitrogens with zero attached hydrogens (tertiary/aromatic N) is 2. The molecule has 0 spiro atoms. The van der Waals surface area contributed by atoms with Crippen LogP contribution >= 0.6 is 34.8 Å². The lowest BCUT2D eigenvalue weighted by Crippen LogP contribution is -2.14. The molecule has 0 aliphatic rings. The van der Waals surface area contributed by atoms with E-state index in [4.69, 9.17) is 18.0 Å². The number of halogens is 2. The van der Waals surface area contributed by atoms with Gasteiger partial charge in [-0.05, 0) is 46.4 Å². The Hall–Kier alpha value is -1.02. The van der Waals surface area contributed by atoms with Crippen molar-refractivity contribution in [3.63, 3.8) is 0 Å². The van der Waals surface area contributed by atoms with Gasteiger partial charge in [0, 0.05) is 11.8 Å². The molecule has 0 amide bonds. The fourth-order valence-corrected chi connectivity index (χ4v) is 2.18. The summed E-state index contributed by atoms with van der Waals surface area (Å²) in [6.07, 6.45) is 3.61. The van der Waals surface area contributed by atoms with Gasteiger partial charge in [0.15, 0.2) is 0 Å². The Labute approximate surface area is 117 Å². The maximum atomic E-state index is 13.2. The molecule has 0 fully saturated rings. The Morgan fingerprint density at radius 1 is 1.53 bits per heavy atom. The van der Waals surface area contributed by atoms with Crippen LogP contribution in [0, 0.1) is 9.39 Å². The molecule has 0 saturated heterocycles. The minimum atomic E-state index is -0.304. The summed E-state index contributed by atoms with van der Waals surface area (Å²) in [4.78, 5) is 0.266. The van der Waals surface area contributed by atoms with Crippen LogP contribution in [0.3, 0.4) is 0 Å². The highest BCUT2D eigenvalue weighted by molar-refractivity contribution is 14.1. The van der Waals surface area contributed by atoms with Crippen LogP contribution < -0.4 is 5.73 Å². The first kappa shape index (κ1) is 12.4. The van der Waals surface area contributed by atoms with Crippen molar-refractivity contribution in [2.75, 3.05) is 0 Å². The summed E-state index contributed by atoms with van der Waals surface area (Å²) in [5, 5.41) is 4.14. The van der Waals surface area contributed by atoms with Crippen LogP contribution in [0.25, 0.3) is 0 Å². The summed E-state index contributed by atoms with van der Waals surface area (Å²) in [6, 6.07) is 4.38. The molecule has 6 heteroatoms. The molecule has 1 aromatic heterocycles. The van der Waals surface area contributed by atoms with E-state index >= 15 is 0 Å². The molecule has 2 rings (SSSR count). The molecule has 0 bridgehead atoms. The van der Waals surface area contributed by atoms with Crippen LogP contribution in [0.1, 0.15) is 11.1 Å². The molecular formula is C11H9FIN3S. The standard InChI is InChI=1S/C11H9FIN3S/c12-8-1-2-10(11(14)17)7(3-8)5-16-6-9(13)4-15-16/h1-4,6H,5H2,(H2,14,17). The Balaban J connectivity index is 2.37. The van der Waals surface area contributed by atoms with Gasteiger partial charge >= 0.3 is 0 Å². The zero-order valence-corrected chi connectivity index (χ0v) is 11.7. The SMILES string of the molecule is NC(=S)c1ccc(F)cc1Cn1cc(I)cn1. The first-order chi connectivity index (χ1) is 8.06. The second-order valence-corrected chi connectivity index (χ2v) is 5.21. The lowest BCUT2D eigenvalue weighted by Gasteiger charge is -2.08. The van der Waals surface area contributed by atoms with E-state index in [1.54, 1.807) is 16.9 Å². The quantitative estimate of drug-likeness (QED) is 0.674. The van der Waals surface area contributed by atoms with Crippen LogP contribution in [-0.4, -0.2) is 14.8 Å². The Kier molecular flexibility index (Phi) is 3.72. The molecule has 3 nitrogen and oxygen atoms in total. The van der Waals surface area contributed by atoms with Crippen molar-refractivity contribution in [2.45, 2.75) is 6.54 Å². The van der Waals surface area contributed by atoms with Crippen molar-refractivity contribution in [3.8, 4) is 0 Å². The predicted molar refractivity (Wildman–Crippen MR) is 76.3 cm³/mol. The molecule has 0 aliphatic heterocycles. The van der Waals surface area contributed by atoms with E-state index in [-0.39, 0.29) is 10.8 Å². The lowest BCUT2D eigenvalue weighted by molar-refractivity contribution is 0.619. The molecule has 0 atom stereocenters. The minimum Gasteiger partial charge on any atom is -0.389 e. The highest BCUT2D eigenvalue weighted by Crippen LogP contribution is 2.13. The second-order valence-electron chi connectivity index (χ2n) is 3.52. The summed E-state index contributed by atoms with van der Waals surface area (Å²) in [5.41, 5.74) is 7.02. The summed E-state index contributed by atoms with van der Waals surface area (Å²) in [6.45, 7) is 0.452. The van der Waals surface area contributed by atoms with Gasteiger partial charge in [0.25, 0.3) is 0 Å². The van der Waals surface area contributed by atoms with Gasteiger partial charge in [-0.2, -0.15) is 5.10 Å². The topological polar surface area (TPSA) is 43.8 Å². The minimum absolute atomic E-state index is 0.266. The predicted octanol–water partition coefficient (Wildman–Crippen LogP) is 2.31. The fraction of sp³-hybridized carbons (Fsp3) is 0.0909. The monoisotopic (exact) mass is 361 g/mol. The van der Waals surface area contributed by atoms with Crippen molar-refractivity contribution in [1.29, 1.82) is 0 Å². The maximum absolute atomic E-state index is 13.2. The van der Waals surface area contributed by atoms with Crippen LogP contribution in [0.15, 0.2) is 30.6 Å². The van der Waals surface area contributed by atoms with Crippen molar-refractivity contribution in [3.05, 3.63) is 51.1 Å². The molecule has 2 aromatic rings. The van der Waals surface area contributed by atoms with Crippen molar-refractivity contribution >= 4 is 39.8 Å². The van der Waals surface area contributed by atoms with E-state index < -0.39 is 0 Å². The summed E-state index contributed by atoms with van der Waals surface area (Å²) < 4.78 is 15.9. The molecule has 1 heterocycles. The Bertz CT molecular complexity index is 568. The summed E-state index contributed by atoms with van der Waals surface area (Å²) in [5.74, 6) is -0.304. The van der Waals surface area contributed by atoms with E-state index in [0.717, 1.165) is 9.13 Å². The van der Waals surface area contributed by atoms with Gasteiger partial charge in [-0.3, -0.25) is 4.68 Å². The van der Waals surface area contributed by atoms with E-state index in [0.29, 0.717) is 12.1 Å². The number of thiocarbonyl (C=S) groups is 1. The number of hydrogen-bond donors (Lipinski definition) is 1. The van der Waals surface area contributed by atoms with Gasteiger partial charge in [0.05, 0.1) is 16.3 Å². The molecular weight excluding hydrogens is 352 g/mol. The average Bonchev–Trinajstić information content (AvgIpc) is 2.63. The summed E-state index contributed by atoms with van der Waals surface area (Å²) in [7, 11) is 0. The lowest BCUT2D eigenvalue weighted by atomic mass is 10.1. The average molecular weight is 361 g/mol. The van der Waals surface area contributed by atoms with Gasteiger partial charge in [-0.1, -0.05) is 12.2 Å². The van der Waals surface area contributed by atoms with Gasteiger partial charge in [-0.25, -0.2) is 4.39 Å². The van der Waals surface area contributed by atoms with Crippen LogP contribution in [0.5, 0.6) is 0 Å². The van der Waals surface area contributed by atoms with E-state index in [2.05, 4.69) is 27.7 Å². The smallest absolute Gasteiger partial charge is 0.123 e. The molecule has 0 radical (unpaired) electrons. The maximum Gasteiger partial charge on any atom is 0.123 e. The third-order valence-corrected chi connectivity index (χ3v) is 3.04. The van der Waals surface area contributed by atoms with Crippen molar-refractivity contribution in [1.82, 2.24) is 9.78 Å². The van der Waals surface area contributed by atoms with Crippen LogP contribution in [-0.2, 0) is 6.54 Å². The van der Waals surface area contributed by atoms with Crippen LogP contribution in [0.2, 0.25) is 0 Å². The number of aromatic nitrogens is 2. The van der Waals surface area contributed by atoms with Gasteiger partial charge in [0.1, 0.15) is 10.8 Å². The molecule has 17 heavy (non-hydrogen) atoms. The Morgan fingerprint density at radius 3 is 2.88 bits per heavy atom. The molecule has 2 N–H and O–H groups in total. The van der Waals surface area contributed by atoms with Crippen molar-refractivity contribution < 1.29 is 4.39 Å². The first-order valence-electron chi connectivity index (χ1n) is 4.82. The molecule has 0 unspecified atom stereocenters. The number of rotatable bonds is 3. The number of benzene rings is 1. The summed E-state index contributed by atoms with van der Waals surface area (Å²) >= 11 is 7.10. The Morgan fingerprint density at radius 2 is 2.29 bits per heavy atom. The van der Waals surface area contributed by atoms with Crippen molar-refractivity contribution in [2.24, 2.45) is 5.73 Å². The zero-order chi connectivity index (χ0) is 12.4. The molecule has 1 aromatic carbocycles. The van der Waals surface area contributed by atoms with Gasteiger partial charge in [-0.15, -0.1) is 0 Å². The molecule has 0 saturated carbocycles. The second kappa shape index (κ2) is 5.09. The highest BCUT2D eigenvalue weighted by atomic mass is 127. The molecule has 88 valence electrons. The van der Waals surface area contributed by atoms with Crippen LogP contribution in [0.4, 0.5) is 4.39 Å². The van der Waals surface area contributed by atoms with E-state index in [9.17, 15) is 4.39 Å².